The van der Waals surface area contributed by atoms with Gasteiger partial charge < -0.3 is 16.4 Å². The van der Waals surface area contributed by atoms with Gasteiger partial charge in [-0.1, -0.05) is 26.0 Å². The molecular formula is C15H24ClN3O2. The van der Waals surface area contributed by atoms with Crippen molar-refractivity contribution in [1.82, 2.24) is 5.32 Å². The van der Waals surface area contributed by atoms with Gasteiger partial charge in [-0.2, -0.15) is 0 Å². The number of hydrogen-bond acceptors (Lipinski definition) is 3. The van der Waals surface area contributed by atoms with E-state index in [1.165, 1.54) is 0 Å². The molecule has 0 radical (unpaired) electrons. The van der Waals surface area contributed by atoms with E-state index in [-0.39, 0.29) is 24.2 Å². The quantitative estimate of drug-likeness (QED) is 0.721. The van der Waals surface area contributed by atoms with Crippen LogP contribution in [0.5, 0.6) is 0 Å². The Kier molecular flexibility index (Phi) is 9.41. The second kappa shape index (κ2) is 10.2. The Morgan fingerprint density at radius 1 is 1.24 bits per heavy atom. The highest BCUT2D eigenvalue weighted by Gasteiger charge is 2.12. The fourth-order valence-electron chi connectivity index (χ4n) is 1.70. The fourth-order valence-corrected chi connectivity index (χ4v) is 1.70. The lowest BCUT2D eigenvalue weighted by molar-refractivity contribution is -0.116. The number of halogens is 1. The highest BCUT2D eigenvalue weighted by atomic mass is 35.5. The summed E-state index contributed by atoms with van der Waals surface area (Å²) in [5.74, 6) is 0.178. The van der Waals surface area contributed by atoms with Crippen LogP contribution in [0.25, 0.3) is 0 Å². The molecule has 5 nitrogen and oxygen atoms in total. The van der Waals surface area contributed by atoms with Crippen LogP contribution in [0.15, 0.2) is 24.3 Å². The molecule has 0 bridgehead atoms. The first-order valence-electron chi connectivity index (χ1n) is 6.91. The molecule has 1 aromatic carbocycles. The number of carbonyl (C=O) groups excluding carboxylic acids is 2. The Balaban J connectivity index is 0.00000400. The van der Waals surface area contributed by atoms with E-state index in [9.17, 15) is 9.59 Å². The Morgan fingerprint density at radius 3 is 2.52 bits per heavy atom. The molecule has 0 spiro atoms. The van der Waals surface area contributed by atoms with Gasteiger partial charge in [0.15, 0.2) is 0 Å². The smallest absolute Gasteiger partial charge is 0.253 e. The van der Waals surface area contributed by atoms with Crippen molar-refractivity contribution in [2.24, 2.45) is 11.7 Å². The van der Waals surface area contributed by atoms with Crippen LogP contribution in [0.1, 0.15) is 37.0 Å². The Labute approximate surface area is 132 Å². The molecule has 0 saturated heterocycles. The van der Waals surface area contributed by atoms with Gasteiger partial charge in [0.1, 0.15) is 0 Å². The molecule has 118 valence electrons. The molecule has 0 aromatic heterocycles. The molecule has 0 aliphatic rings. The summed E-state index contributed by atoms with van der Waals surface area (Å²) in [7, 11) is 0. The number of nitrogens with one attached hydrogen (secondary N) is 2. The predicted octanol–water partition coefficient (Wildman–Crippen LogP) is 2.17. The molecule has 1 aromatic rings. The van der Waals surface area contributed by atoms with Crippen molar-refractivity contribution in [3.63, 3.8) is 0 Å². The minimum absolute atomic E-state index is 0. The van der Waals surface area contributed by atoms with Crippen LogP contribution in [0, 0.1) is 5.92 Å². The van der Waals surface area contributed by atoms with Crippen molar-refractivity contribution >= 4 is 29.9 Å². The summed E-state index contributed by atoms with van der Waals surface area (Å²) in [6.45, 7) is 4.94. The maximum atomic E-state index is 12.0. The summed E-state index contributed by atoms with van der Waals surface area (Å²) in [6.07, 6.45) is 1.28. The normalized spacial score (nSPS) is 9.90. The fraction of sp³-hybridized carbons (Fsp3) is 0.467. The van der Waals surface area contributed by atoms with Crippen molar-refractivity contribution in [3.05, 3.63) is 29.8 Å². The highest BCUT2D eigenvalue weighted by molar-refractivity contribution is 6.03. The third-order valence-corrected chi connectivity index (χ3v) is 2.82. The molecule has 1 rings (SSSR count). The zero-order valence-corrected chi connectivity index (χ0v) is 13.3. The molecule has 0 saturated carbocycles. The first-order chi connectivity index (χ1) is 9.54. The lowest BCUT2D eigenvalue weighted by atomic mass is 10.1. The van der Waals surface area contributed by atoms with E-state index in [1.54, 1.807) is 24.3 Å². The van der Waals surface area contributed by atoms with Crippen LogP contribution in [0.4, 0.5) is 5.69 Å². The molecule has 0 atom stereocenters. The standard InChI is InChI=1S/C15H23N3O2.ClH/c1-11(2)7-8-14(19)18-13-6-4-3-5-12(13)15(20)17-10-9-16;/h3-6,11H,7-10,16H2,1-2H3,(H,17,20)(H,18,19);1H. The molecule has 21 heavy (non-hydrogen) atoms. The maximum Gasteiger partial charge on any atom is 0.253 e. The van der Waals surface area contributed by atoms with Gasteiger partial charge in [-0.15, -0.1) is 12.4 Å². The second-order valence-corrected chi connectivity index (χ2v) is 5.07. The van der Waals surface area contributed by atoms with Crippen molar-refractivity contribution in [2.45, 2.75) is 26.7 Å². The largest absolute Gasteiger partial charge is 0.351 e. The molecular weight excluding hydrogens is 290 g/mol. The molecule has 4 N–H and O–H groups in total. The Bertz CT molecular complexity index is 464. The van der Waals surface area contributed by atoms with Crippen molar-refractivity contribution in [2.75, 3.05) is 18.4 Å². The first-order valence-corrected chi connectivity index (χ1v) is 6.91. The van der Waals surface area contributed by atoms with Crippen LogP contribution >= 0.6 is 12.4 Å². The lowest BCUT2D eigenvalue weighted by Crippen LogP contribution is -2.30. The summed E-state index contributed by atoms with van der Waals surface area (Å²) in [5, 5.41) is 5.49. The van der Waals surface area contributed by atoms with E-state index in [2.05, 4.69) is 24.5 Å². The number of anilines is 1. The van der Waals surface area contributed by atoms with Crippen LogP contribution < -0.4 is 16.4 Å². The van der Waals surface area contributed by atoms with Gasteiger partial charge in [0, 0.05) is 19.5 Å². The molecule has 0 unspecified atom stereocenters. The van der Waals surface area contributed by atoms with Crippen molar-refractivity contribution in [1.29, 1.82) is 0 Å². The van der Waals surface area contributed by atoms with E-state index in [0.29, 0.717) is 36.7 Å². The number of hydrogen-bond donors (Lipinski definition) is 3. The van der Waals surface area contributed by atoms with Crippen LogP contribution in [-0.4, -0.2) is 24.9 Å². The average Bonchev–Trinajstić information content (AvgIpc) is 2.43. The van der Waals surface area contributed by atoms with Gasteiger partial charge in [0.2, 0.25) is 5.91 Å². The van der Waals surface area contributed by atoms with Crippen molar-refractivity contribution in [3.8, 4) is 0 Å². The molecule has 0 fully saturated rings. The van der Waals surface area contributed by atoms with Crippen molar-refractivity contribution < 1.29 is 9.59 Å². The minimum atomic E-state index is -0.227. The van der Waals surface area contributed by atoms with Gasteiger partial charge in [0.25, 0.3) is 5.91 Å². The number of amides is 2. The highest BCUT2D eigenvalue weighted by Crippen LogP contribution is 2.16. The van der Waals surface area contributed by atoms with Crippen LogP contribution in [0.3, 0.4) is 0 Å². The summed E-state index contributed by atoms with van der Waals surface area (Å²) < 4.78 is 0. The first kappa shape index (κ1) is 19.4. The molecule has 2 amide bonds. The molecule has 6 heteroatoms. The number of para-hydroxylation sites is 1. The average molecular weight is 314 g/mol. The topological polar surface area (TPSA) is 84.2 Å². The maximum absolute atomic E-state index is 12.0. The van der Waals surface area contributed by atoms with E-state index in [0.717, 1.165) is 6.42 Å². The third kappa shape index (κ3) is 7.11. The zero-order valence-electron chi connectivity index (χ0n) is 12.5. The van der Waals surface area contributed by atoms with Gasteiger partial charge in [0.05, 0.1) is 11.3 Å². The summed E-state index contributed by atoms with van der Waals surface area (Å²) in [4.78, 5) is 23.8. The number of nitrogens with two attached hydrogens (primary N) is 1. The van der Waals surface area contributed by atoms with Gasteiger partial charge in [-0.25, -0.2) is 0 Å². The number of benzene rings is 1. The summed E-state index contributed by atoms with van der Waals surface area (Å²) in [6, 6.07) is 6.97. The molecule has 0 heterocycles. The number of rotatable bonds is 7. The molecule has 0 aliphatic carbocycles. The second-order valence-electron chi connectivity index (χ2n) is 5.07. The predicted molar refractivity (Wildman–Crippen MR) is 87.8 cm³/mol. The van der Waals surface area contributed by atoms with Crippen LogP contribution in [-0.2, 0) is 4.79 Å². The van der Waals surface area contributed by atoms with Gasteiger partial charge in [-0.05, 0) is 24.5 Å². The summed E-state index contributed by atoms with van der Waals surface area (Å²) in [5.41, 5.74) is 6.35. The van der Waals surface area contributed by atoms with Gasteiger partial charge >= 0.3 is 0 Å². The van der Waals surface area contributed by atoms with E-state index >= 15 is 0 Å². The lowest BCUT2D eigenvalue weighted by Gasteiger charge is -2.11. The zero-order chi connectivity index (χ0) is 15.0. The third-order valence-electron chi connectivity index (χ3n) is 2.82. The SMILES string of the molecule is CC(C)CCC(=O)Nc1ccccc1C(=O)NCCN.Cl. The number of carbonyl (C=O) groups is 2. The van der Waals surface area contributed by atoms with E-state index in [4.69, 9.17) is 5.73 Å². The summed E-state index contributed by atoms with van der Waals surface area (Å²) >= 11 is 0. The Hall–Kier alpha value is -1.59. The molecule has 0 aliphatic heterocycles. The monoisotopic (exact) mass is 313 g/mol. The minimum Gasteiger partial charge on any atom is -0.351 e. The Morgan fingerprint density at radius 2 is 1.90 bits per heavy atom. The van der Waals surface area contributed by atoms with Gasteiger partial charge in [-0.3, -0.25) is 9.59 Å². The van der Waals surface area contributed by atoms with Crippen LogP contribution in [0.2, 0.25) is 0 Å². The van der Waals surface area contributed by atoms with E-state index in [1.807, 2.05) is 0 Å². The van der Waals surface area contributed by atoms with E-state index < -0.39 is 0 Å².